The van der Waals surface area contributed by atoms with Gasteiger partial charge in [-0.05, 0) is 23.8 Å². The zero-order valence-corrected chi connectivity index (χ0v) is 21.4. The second-order valence-corrected chi connectivity index (χ2v) is 9.21. The Labute approximate surface area is 223 Å². The zero-order valence-electron chi connectivity index (χ0n) is 21.4. The van der Waals surface area contributed by atoms with Gasteiger partial charge in [0.2, 0.25) is 0 Å². The number of carbonyl (C=O) groups is 3. The first-order valence-electron chi connectivity index (χ1n) is 12.1. The van der Waals surface area contributed by atoms with Gasteiger partial charge in [-0.3, -0.25) is 10.2 Å². The van der Waals surface area contributed by atoms with E-state index in [1.165, 1.54) is 34.1 Å². The van der Waals surface area contributed by atoms with Crippen molar-refractivity contribution in [3.8, 4) is 0 Å². The second kappa shape index (κ2) is 11.3. The maximum atomic E-state index is 16.1. The third kappa shape index (κ3) is 5.72. The molecule has 1 aliphatic rings. The fourth-order valence-electron chi connectivity index (χ4n) is 4.26. The van der Waals surface area contributed by atoms with E-state index in [4.69, 9.17) is 11.1 Å². The molecule has 1 fully saturated rings. The van der Waals surface area contributed by atoms with Crippen molar-refractivity contribution in [2.45, 2.75) is 12.6 Å². The zero-order chi connectivity index (χ0) is 28.3. The van der Waals surface area contributed by atoms with Crippen molar-refractivity contribution in [3.05, 3.63) is 82.3 Å². The third-order valence-electron chi connectivity index (χ3n) is 6.31. The van der Waals surface area contributed by atoms with Crippen LogP contribution in [0.2, 0.25) is 0 Å². The minimum atomic E-state index is -1.21. The number of rotatable bonds is 7. The van der Waals surface area contributed by atoms with Gasteiger partial charge in [0.25, 0.3) is 5.91 Å². The Bertz CT molecular complexity index is 1420. The van der Waals surface area contributed by atoms with Crippen molar-refractivity contribution < 1.29 is 23.9 Å². The van der Waals surface area contributed by atoms with Crippen LogP contribution in [0.15, 0.2) is 48.5 Å². The summed E-state index contributed by atoms with van der Waals surface area (Å²) in [5.74, 6) is -3.07. The Balaban J connectivity index is 1.74. The minimum absolute atomic E-state index is 0.000745. The van der Waals surface area contributed by atoms with Crippen molar-refractivity contribution >= 4 is 29.6 Å². The summed E-state index contributed by atoms with van der Waals surface area (Å²) in [6.07, 6.45) is 0. The molecule has 12 nitrogen and oxygen atoms in total. The predicted molar refractivity (Wildman–Crippen MR) is 141 cm³/mol. The first-order valence-corrected chi connectivity index (χ1v) is 12.1. The van der Waals surface area contributed by atoms with Crippen LogP contribution in [0.3, 0.4) is 0 Å². The van der Waals surface area contributed by atoms with Crippen LogP contribution in [-0.4, -0.2) is 82.2 Å². The molecule has 1 atom stereocenters. The maximum Gasteiger partial charge on any atom is 0.335 e. The number of carboxylic acids is 1. The van der Waals surface area contributed by atoms with E-state index < -0.39 is 23.7 Å². The first-order chi connectivity index (χ1) is 18.6. The highest BCUT2D eigenvalue weighted by Crippen LogP contribution is 2.30. The molecule has 1 saturated heterocycles. The summed E-state index contributed by atoms with van der Waals surface area (Å²) in [4.78, 5) is 40.7. The number of aromatic nitrogens is 2. The predicted octanol–water partition coefficient (Wildman–Crippen LogP) is 1.93. The van der Waals surface area contributed by atoms with Gasteiger partial charge in [-0.25, -0.2) is 14.0 Å². The van der Waals surface area contributed by atoms with Gasteiger partial charge in [0.1, 0.15) is 11.5 Å². The topological polar surface area (TPSA) is 170 Å². The molecule has 0 radical (unpaired) electrons. The molecule has 1 aliphatic heterocycles. The van der Waals surface area contributed by atoms with Crippen LogP contribution in [0.1, 0.15) is 43.6 Å². The van der Waals surface area contributed by atoms with Gasteiger partial charge in [0.15, 0.2) is 11.6 Å². The van der Waals surface area contributed by atoms with Crippen LogP contribution in [0.5, 0.6) is 0 Å². The van der Waals surface area contributed by atoms with E-state index in [-0.39, 0.29) is 47.6 Å². The largest absolute Gasteiger partial charge is 0.478 e. The monoisotopic (exact) mass is 536 g/mol. The number of piperazine rings is 1. The van der Waals surface area contributed by atoms with Crippen LogP contribution in [0, 0.1) is 11.2 Å². The number of hydrogen-bond acceptors (Lipinski definition) is 7. The normalized spacial score (nSPS) is 15.1. The van der Waals surface area contributed by atoms with E-state index in [1.54, 1.807) is 38.4 Å². The number of nitrogens with two attached hydrogens (primary N) is 1. The van der Waals surface area contributed by atoms with Gasteiger partial charge in [-0.15, -0.1) is 0 Å². The summed E-state index contributed by atoms with van der Waals surface area (Å²) >= 11 is 0. The molecule has 0 spiro atoms. The number of urea groups is 1. The Morgan fingerprint density at radius 3 is 2.51 bits per heavy atom. The Hall–Kier alpha value is -4.78. The summed E-state index contributed by atoms with van der Waals surface area (Å²) in [6, 6.07) is 11.0. The minimum Gasteiger partial charge on any atom is -0.478 e. The lowest BCUT2D eigenvalue weighted by atomic mass is 10.1. The Morgan fingerprint density at radius 2 is 1.87 bits per heavy atom. The van der Waals surface area contributed by atoms with E-state index in [0.29, 0.717) is 18.7 Å². The van der Waals surface area contributed by atoms with Gasteiger partial charge >= 0.3 is 12.0 Å². The number of benzene rings is 2. The molecule has 1 aromatic heterocycles. The average molecular weight is 537 g/mol. The lowest BCUT2D eigenvalue weighted by Crippen LogP contribution is -2.52. The number of carboxylic acid groups (broad SMARTS) is 1. The second-order valence-electron chi connectivity index (χ2n) is 9.21. The first kappa shape index (κ1) is 27.3. The third-order valence-corrected chi connectivity index (χ3v) is 6.31. The fourth-order valence-corrected chi connectivity index (χ4v) is 4.26. The molecular formula is C26H29FN8O4. The number of anilines is 1. The van der Waals surface area contributed by atoms with E-state index >= 15 is 4.39 Å². The van der Waals surface area contributed by atoms with Crippen LogP contribution in [0.4, 0.5) is 15.0 Å². The van der Waals surface area contributed by atoms with Gasteiger partial charge in [-0.1, -0.05) is 30.3 Å². The molecule has 0 aliphatic carbocycles. The molecule has 0 saturated carbocycles. The molecule has 2 aromatic carbocycles. The standard InChI is InChI=1S/C26H29FN8O4/c1-33(2)26(39)34-11-10-30-14-19(34)21-20(27)23(31-13-15-6-8-16(9-7-15)22(28)29)35(32-21)24(36)17-4-3-5-18(12-17)25(37)38/h3-9,12,19,30-31H,10-11,13-14H2,1-2H3,(H3,28,29)(H,37,38). The molecule has 6 N–H and O–H groups in total. The number of nitrogen functional groups attached to an aromatic ring is 1. The molecular weight excluding hydrogens is 507 g/mol. The van der Waals surface area contributed by atoms with Crippen molar-refractivity contribution in [3.63, 3.8) is 0 Å². The SMILES string of the molecule is CN(C)C(=O)N1CCNCC1c1nn(C(=O)c2cccc(C(=O)O)c2)c(NCc2ccc(C(=N)N)cc2)c1F. The van der Waals surface area contributed by atoms with Crippen molar-refractivity contribution in [2.24, 2.45) is 5.73 Å². The van der Waals surface area contributed by atoms with Crippen LogP contribution in [-0.2, 0) is 6.54 Å². The number of nitrogens with zero attached hydrogens (tertiary/aromatic N) is 4. The Morgan fingerprint density at radius 1 is 1.18 bits per heavy atom. The molecule has 0 bridgehead atoms. The van der Waals surface area contributed by atoms with Crippen LogP contribution in [0.25, 0.3) is 0 Å². The summed E-state index contributed by atoms with van der Waals surface area (Å²) in [5, 5.41) is 27.3. The lowest BCUT2D eigenvalue weighted by Gasteiger charge is -2.36. The van der Waals surface area contributed by atoms with E-state index in [0.717, 1.165) is 10.2 Å². The molecule has 4 rings (SSSR count). The summed E-state index contributed by atoms with van der Waals surface area (Å²) in [6.45, 7) is 1.16. The Kier molecular flexibility index (Phi) is 7.91. The van der Waals surface area contributed by atoms with E-state index in [1.807, 2.05) is 0 Å². The van der Waals surface area contributed by atoms with Gasteiger partial charge in [-0.2, -0.15) is 9.78 Å². The highest BCUT2D eigenvalue weighted by Gasteiger charge is 2.35. The average Bonchev–Trinajstić information content (AvgIpc) is 3.26. The summed E-state index contributed by atoms with van der Waals surface area (Å²) in [5.41, 5.74) is 6.55. The molecule has 1 unspecified atom stereocenters. The number of amides is 2. The highest BCUT2D eigenvalue weighted by molar-refractivity contribution is 5.99. The van der Waals surface area contributed by atoms with Gasteiger partial charge < -0.3 is 31.3 Å². The quantitative estimate of drug-likeness (QED) is 0.225. The molecule has 39 heavy (non-hydrogen) atoms. The number of carbonyl (C=O) groups excluding carboxylic acids is 2. The fraction of sp³-hybridized carbons (Fsp3) is 0.269. The van der Waals surface area contributed by atoms with E-state index in [2.05, 4.69) is 15.7 Å². The van der Waals surface area contributed by atoms with Gasteiger partial charge in [0.05, 0.1) is 11.6 Å². The summed E-state index contributed by atoms with van der Waals surface area (Å²) in [7, 11) is 3.19. The van der Waals surface area contributed by atoms with Crippen LogP contribution >= 0.6 is 0 Å². The van der Waals surface area contributed by atoms with Gasteiger partial charge in [0, 0.05) is 51.4 Å². The van der Waals surface area contributed by atoms with Crippen LogP contribution < -0.4 is 16.4 Å². The molecule has 2 heterocycles. The number of nitrogens with one attached hydrogen (secondary N) is 3. The van der Waals surface area contributed by atoms with Crippen molar-refractivity contribution in [2.75, 3.05) is 39.0 Å². The molecule has 13 heteroatoms. The van der Waals surface area contributed by atoms with Crippen molar-refractivity contribution in [1.29, 1.82) is 5.41 Å². The number of amidine groups is 1. The highest BCUT2D eigenvalue weighted by atomic mass is 19.1. The smallest absolute Gasteiger partial charge is 0.335 e. The number of hydrogen-bond donors (Lipinski definition) is 5. The summed E-state index contributed by atoms with van der Waals surface area (Å²) < 4.78 is 16.9. The number of aromatic carboxylic acids is 1. The molecule has 2 amide bonds. The lowest BCUT2D eigenvalue weighted by molar-refractivity contribution is 0.0696. The maximum absolute atomic E-state index is 16.1. The number of halogens is 1. The molecule has 3 aromatic rings. The van der Waals surface area contributed by atoms with E-state index in [9.17, 15) is 19.5 Å². The van der Waals surface area contributed by atoms with Crippen molar-refractivity contribution in [1.82, 2.24) is 24.9 Å². The molecule has 204 valence electrons.